The third-order valence-electron chi connectivity index (χ3n) is 2.99. The summed E-state index contributed by atoms with van der Waals surface area (Å²) in [5.41, 5.74) is 1.19. The molecule has 1 saturated carbocycles. The lowest BCUT2D eigenvalue weighted by Gasteiger charge is -2.16. The van der Waals surface area contributed by atoms with Gasteiger partial charge in [0, 0.05) is 18.8 Å². The number of rotatable bonds is 4. The molecule has 0 saturated heterocycles. The minimum atomic E-state index is -0.149. The lowest BCUT2D eigenvalue weighted by molar-refractivity contribution is 0.148. The zero-order valence-corrected chi connectivity index (χ0v) is 9.19. The Bertz CT molecular complexity index is 311. The quantitative estimate of drug-likeness (QED) is 0.767. The summed E-state index contributed by atoms with van der Waals surface area (Å²) in [7, 11) is 0. The minimum Gasteiger partial charge on any atom is -0.392 e. The molecular formula is C11H19N3O. The normalized spacial score (nSPS) is 26.0. The van der Waals surface area contributed by atoms with Crippen molar-refractivity contribution in [2.45, 2.75) is 44.9 Å². The van der Waals surface area contributed by atoms with Crippen molar-refractivity contribution in [2.24, 2.45) is 0 Å². The van der Waals surface area contributed by atoms with Gasteiger partial charge in [0.2, 0.25) is 0 Å². The molecule has 0 aliphatic heterocycles. The van der Waals surface area contributed by atoms with Crippen LogP contribution in [0.15, 0.2) is 12.4 Å². The standard InChI is InChI=1S/C11H19N3O/c1-9-7-13-14(8-9)6-5-12-10-3-2-4-11(10)15/h7-8,10-12,15H,2-6H2,1H3. The first kappa shape index (κ1) is 10.6. The third-order valence-corrected chi connectivity index (χ3v) is 2.99. The molecule has 1 aromatic heterocycles. The maximum Gasteiger partial charge on any atom is 0.0693 e. The molecule has 4 heteroatoms. The van der Waals surface area contributed by atoms with E-state index >= 15 is 0 Å². The molecule has 1 fully saturated rings. The van der Waals surface area contributed by atoms with E-state index in [-0.39, 0.29) is 6.10 Å². The topological polar surface area (TPSA) is 50.1 Å². The van der Waals surface area contributed by atoms with Gasteiger partial charge in [-0.25, -0.2) is 0 Å². The number of hydrogen-bond donors (Lipinski definition) is 2. The SMILES string of the molecule is Cc1cnn(CCNC2CCCC2O)c1. The maximum absolute atomic E-state index is 9.61. The van der Waals surface area contributed by atoms with E-state index in [1.807, 2.05) is 24.0 Å². The summed E-state index contributed by atoms with van der Waals surface area (Å²) in [4.78, 5) is 0. The predicted octanol–water partition coefficient (Wildman–Crippen LogP) is 0.695. The summed E-state index contributed by atoms with van der Waals surface area (Å²) in [6.45, 7) is 3.79. The molecule has 2 N–H and O–H groups in total. The Morgan fingerprint density at radius 1 is 1.60 bits per heavy atom. The highest BCUT2D eigenvalue weighted by atomic mass is 16.3. The first-order chi connectivity index (χ1) is 7.25. The van der Waals surface area contributed by atoms with Gasteiger partial charge in [-0.1, -0.05) is 0 Å². The van der Waals surface area contributed by atoms with Crippen LogP contribution in [0.5, 0.6) is 0 Å². The third kappa shape index (κ3) is 2.79. The van der Waals surface area contributed by atoms with E-state index in [1.54, 1.807) is 0 Å². The number of aliphatic hydroxyl groups excluding tert-OH is 1. The van der Waals surface area contributed by atoms with Crippen LogP contribution in [0.25, 0.3) is 0 Å². The highest BCUT2D eigenvalue weighted by Gasteiger charge is 2.23. The molecule has 15 heavy (non-hydrogen) atoms. The number of nitrogens with one attached hydrogen (secondary N) is 1. The van der Waals surface area contributed by atoms with Crippen molar-refractivity contribution >= 4 is 0 Å². The Labute approximate surface area is 90.3 Å². The lowest BCUT2D eigenvalue weighted by atomic mass is 10.2. The van der Waals surface area contributed by atoms with Crippen molar-refractivity contribution in [3.05, 3.63) is 18.0 Å². The molecule has 0 bridgehead atoms. The molecule has 2 rings (SSSR count). The fraction of sp³-hybridized carbons (Fsp3) is 0.727. The van der Waals surface area contributed by atoms with E-state index in [4.69, 9.17) is 0 Å². The zero-order chi connectivity index (χ0) is 10.7. The molecule has 1 aliphatic carbocycles. The smallest absolute Gasteiger partial charge is 0.0693 e. The fourth-order valence-corrected chi connectivity index (χ4v) is 2.13. The van der Waals surface area contributed by atoms with Crippen molar-refractivity contribution < 1.29 is 5.11 Å². The number of aryl methyl sites for hydroxylation is 1. The van der Waals surface area contributed by atoms with Gasteiger partial charge in [0.15, 0.2) is 0 Å². The van der Waals surface area contributed by atoms with E-state index < -0.39 is 0 Å². The number of nitrogens with zero attached hydrogens (tertiary/aromatic N) is 2. The van der Waals surface area contributed by atoms with Crippen molar-refractivity contribution in [2.75, 3.05) is 6.54 Å². The van der Waals surface area contributed by atoms with Gasteiger partial charge >= 0.3 is 0 Å². The second kappa shape index (κ2) is 4.77. The fourth-order valence-electron chi connectivity index (χ4n) is 2.13. The molecule has 2 atom stereocenters. The predicted molar refractivity (Wildman–Crippen MR) is 58.6 cm³/mol. The van der Waals surface area contributed by atoms with Crippen LogP contribution in [0.2, 0.25) is 0 Å². The average Bonchev–Trinajstić information content (AvgIpc) is 2.77. The Balaban J connectivity index is 1.70. The van der Waals surface area contributed by atoms with Crippen LogP contribution in [-0.4, -0.2) is 33.6 Å². The first-order valence-corrected chi connectivity index (χ1v) is 5.66. The molecule has 0 amide bonds. The van der Waals surface area contributed by atoms with Gasteiger partial charge in [-0.15, -0.1) is 0 Å². The molecule has 1 aromatic rings. The second-order valence-corrected chi connectivity index (χ2v) is 4.34. The van der Waals surface area contributed by atoms with Gasteiger partial charge in [0.25, 0.3) is 0 Å². The lowest BCUT2D eigenvalue weighted by Crippen LogP contribution is -2.37. The van der Waals surface area contributed by atoms with E-state index in [1.165, 1.54) is 5.56 Å². The van der Waals surface area contributed by atoms with Gasteiger partial charge in [0.05, 0.1) is 18.8 Å². The number of aromatic nitrogens is 2. The molecule has 4 nitrogen and oxygen atoms in total. The van der Waals surface area contributed by atoms with Gasteiger partial charge in [0.1, 0.15) is 0 Å². The highest BCUT2D eigenvalue weighted by Crippen LogP contribution is 2.18. The molecule has 0 aromatic carbocycles. The molecule has 1 aliphatic rings. The molecule has 1 heterocycles. The zero-order valence-electron chi connectivity index (χ0n) is 9.19. The van der Waals surface area contributed by atoms with E-state index in [2.05, 4.69) is 10.4 Å². The van der Waals surface area contributed by atoms with Crippen LogP contribution in [0, 0.1) is 6.92 Å². The average molecular weight is 209 g/mol. The van der Waals surface area contributed by atoms with E-state index in [9.17, 15) is 5.11 Å². The van der Waals surface area contributed by atoms with Gasteiger partial charge in [-0.2, -0.15) is 5.10 Å². The Morgan fingerprint density at radius 3 is 3.07 bits per heavy atom. The van der Waals surface area contributed by atoms with Crippen LogP contribution >= 0.6 is 0 Å². The monoisotopic (exact) mass is 209 g/mol. The Hall–Kier alpha value is -0.870. The van der Waals surface area contributed by atoms with Gasteiger partial charge in [-0.05, 0) is 31.7 Å². The van der Waals surface area contributed by atoms with Gasteiger partial charge in [-0.3, -0.25) is 4.68 Å². The van der Waals surface area contributed by atoms with Crippen LogP contribution in [-0.2, 0) is 6.54 Å². The van der Waals surface area contributed by atoms with Crippen molar-refractivity contribution in [1.29, 1.82) is 0 Å². The van der Waals surface area contributed by atoms with Crippen molar-refractivity contribution in [3.8, 4) is 0 Å². The summed E-state index contributed by atoms with van der Waals surface area (Å²) in [6, 6.07) is 0.293. The summed E-state index contributed by atoms with van der Waals surface area (Å²) in [5.74, 6) is 0. The summed E-state index contributed by atoms with van der Waals surface area (Å²) in [6.07, 6.45) is 6.93. The van der Waals surface area contributed by atoms with E-state index in [0.29, 0.717) is 6.04 Å². The van der Waals surface area contributed by atoms with E-state index in [0.717, 1.165) is 32.4 Å². The summed E-state index contributed by atoms with van der Waals surface area (Å²) >= 11 is 0. The minimum absolute atomic E-state index is 0.149. The largest absolute Gasteiger partial charge is 0.392 e. The van der Waals surface area contributed by atoms with Crippen LogP contribution in [0.1, 0.15) is 24.8 Å². The summed E-state index contributed by atoms with van der Waals surface area (Å²) in [5, 5.41) is 17.2. The van der Waals surface area contributed by atoms with Gasteiger partial charge < -0.3 is 10.4 Å². The molecule has 84 valence electrons. The maximum atomic E-state index is 9.61. The van der Waals surface area contributed by atoms with Crippen LogP contribution in [0.3, 0.4) is 0 Å². The van der Waals surface area contributed by atoms with Crippen LogP contribution in [0.4, 0.5) is 0 Å². The molecular weight excluding hydrogens is 190 g/mol. The number of aliphatic hydroxyl groups is 1. The molecule has 2 unspecified atom stereocenters. The molecule has 0 spiro atoms. The number of hydrogen-bond acceptors (Lipinski definition) is 3. The Kier molecular flexibility index (Phi) is 3.38. The first-order valence-electron chi connectivity index (χ1n) is 5.66. The Morgan fingerprint density at radius 2 is 2.47 bits per heavy atom. The van der Waals surface area contributed by atoms with Crippen molar-refractivity contribution in [3.63, 3.8) is 0 Å². The highest BCUT2D eigenvalue weighted by molar-refractivity contribution is 4.99. The van der Waals surface area contributed by atoms with Crippen LogP contribution < -0.4 is 5.32 Å². The molecule has 0 radical (unpaired) electrons. The van der Waals surface area contributed by atoms with Crippen molar-refractivity contribution in [1.82, 2.24) is 15.1 Å². The summed E-state index contributed by atoms with van der Waals surface area (Å²) < 4.78 is 1.93. The second-order valence-electron chi connectivity index (χ2n) is 4.34.